The van der Waals surface area contributed by atoms with Gasteiger partial charge in [0.2, 0.25) is 0 Å². The molecule has 0 unspecified atom stereocenters. The van der Waals surface area contributed by atoms with Crippen LogP contribution >= 0.6 is 15.9 Å². The molecule has 0 saturated carbocycles. The lowest BCUT2D eigenvalue weighted by Crippen LogP contribution is -1.89. The quantitative estimate of drug-likeness (QED) is 0.716. The fraction of sp³-hybridized carbons (Fsp3) is 0.111. The number of nitrogens with zero attached hydrogens (tertiary/aromatic N) is 2. The molecular formula is C9H7BrN2O. The highest BCUT2D eigenvalue weighted by molar-refractivity contribution is 9.10. The summed E-state index contributed by atoms with van der Waals surface area (Å²) in [5.74, 6) is 0.700. The van der Waals surface area contributed by atoms with Crippen molar-refractivity contribution in [3.63, 3.8) is 0 Å². The minimum atomic E-state index is 0.700. The molecule has 2 rings (SSSR count). The van der Waals surface area contributed by atoms with Gasteiger partial charge in [0.05, 0.1) is 18.1 Å². The number of aromatic nitrogens is 2. The Morgan fingerprint density at radius 3 is 3.00 bits per heavy atom. The third-order valence-corrected chi connectivity index (χ3v) is 2.29. The SMILES string of the molecule is COc1cc2ncccc2nc1Br. The van der Waals surface area contributed by atoms with E-state index in [0.717, 1.165) is 11.0 Å². The number of fused-ring (bicyclic) bond motifs is 1. The van der Waals surface area contributed by atoms with Crippen molar-refractivity contribution in [2.24, 2.45) is 0 Å². The van der Waals surface area contributed by atoms with Gasteiger partial charge in [-0.1, -0.05) is 0 Å². The predicted octanol–water partition coefficient (Wildman–Crippen LogP) is 2.40. The molecule has 3 nitrogen and oxygen atoms in total. The van der Waals surface area contributed by atoms with Gasteiger partial charge in [-0.05, 0) is 28.1 Å². The molecule has 2 aromatic rings. The van der Waals surface area contributed by atoms with Crippen molar-refractivity contribution >= 4 is 27.0 Å². The van der Waals surface area contributed by atoms with Crippen molar-refractivity contribution in [2.75, 3.05) is 7.11 Å². The van der Waals surface area contributed by atoms with E-state index in [0.29, 0.717) is 10.4 Å². The van der Waals surface area contributed by atoms with Crippen molar-refractivity contribution in [1.82, 2.24) is 9.97 Å². The monoisotopic (exact) mass is 238 g/mol. The van der Waals surface area contributed by atoms with Gasteiger partial charge >= 0.3 is 0 Å². The van der Waals surface area contributed by atoms with Gasteiger partial charge in [-0.3, -0.25) is 4.98 Å². The topological polar surface area (TPSA) is 35.0 Å². The Labute approximate surface area is 83.9 Å². The normalized spacial score (nSPS) is 10.3. The van der Waals surface area contributed by atoms with E-state index in [1.165, 1.54) is 0 Å². The van der Waals surface area contributed by atoms with Gasteiger partial charge in [-0.15, -0.1) is 0 Å². The van der Waals surface area contributed by atoms with Crippen LogP contribution in [0.1, 0.15) is 0 Å². The van der Waals surface area contributed by atoms with E-state index in [1.54, 1.807) is 13.3 Å². The summed E-state index contributed by atoms with van der Waals surface area (Å²) in [6, 6.07) is 5.62. The highest BCUT2D eigenvalue weighted by Gasteiger charge is 2.03. The van der Waals surface area contributed by atoms with Crippen LogP contribution in [0.15, 0.2) is 29.0 Å². The van der Waals surface area contributed by atoms with Crippen molar-refractivity contribution < 1.29 is 4.74 Å². The first kappa shape index (κ1) is 8.44. The van der Waals surface area contributed by atoms with E-state index < -0.39 is 0 Å². The Bertz CT molecular complexity index is 445. The minimum absolute atomic E-state index is 0.700. The van der Waals surface area contributed by atoms with Crippen LogP contribution in [0.4, 0.5) is 0 Å². The van der Waals surface area contributed by atoms with Crippen LogP contribution in [0, 0.1) is 0 Å². The number of pyridine rings is 2. The van der Waals surface area contributed by atoms with E-state index in [-0.39, 0.29) is 0 Å². The molecule has 0 amide bonds. The molecule has 4 heteroatoms. The van der Waals surface area contributed by atoms with Gasteiger partial charge in [-0.25, -0.2) is 4.98 Å². The van der Waals surface area contributed by atoms with Crippen molar-refractivity contribution in [3.8, 4) is 5.75 Å². The predicted molar refractivity (Wildman–Crippen MR) is 53.8 cm³/mol. The number of ether oxygens (including phenoxy) is 1. The summed E-state index contributed by atoms with van der Waals surface area (Å²) < 4.78 is 5.81. The number of rotatable bonds is 1. The summed E-state index contributed by atoms with van der Waals surface area (Å²) in [5.41, 5.74) is 1.69. The highest BCUT2D eigenvalue weighted by atomic mass is 79.9. The summed E-state index contributed by atoms with van der Waals surface area (Å²) in [6.07, 6.45) is 1.73. The summed E-state index contributed by atoms with van der Waals surface area (Å²) in [4.78, 5) is 8.44. The molecule has 0 aliphatic rings. The Hall–Kier alpha value is -1.16. The highest BCUT2D eigenvalue weighted by Crippen LogP contribution is 2.25. The smallest absolute Gasteiger partial charge is 0.153 e. The molecule has 0 radical (unpaired) electrons. The van der Waals surface area contributed by atoms with E-state index in [1.807, 2.05) is 18.2 Å². The molecule has 0 fully saturated rings. The molecular weight excluding hydrogens is 232 g/mol. The molecule has 2 heterocycles. The molecule has 0 aromatic carbocycles. The second-order valence-electron chi connectivity index (χ2n) is 2.52. The van der Waals surface area contributed by atoms with Crippen molar-refractivity contribution in [2.45, 2.75) is 0 Å². The molecule has 0 N–H and O–H groups in total. The first-order valence-corrected chi connectivity index (χ1v) is 4.56. The van der Waals surface area contributed by atoms with Gasteiger partial charge in [0, 0.05) is 12.3 Å². The van der Waals surface area contributed by atoms with E-state index in [9.17, 15) is 0 Å². The van der Waals surface area contributed by atoms with Gasteiger partial charge in [0.15, 0.2) is 5.75 Å². The lowest BCUT2D eigenvalue weighted by molar-refractivity contribution is 0.410. The van der Waals surface area contributed by atoms with Crippen LogP contribution in [0.3, 0.4) is 0 Å². The van der Waals surface area contributed by atoms with Gasteiger partial charge in [0.1, 0.15) is 4.60 Å². The molecule has 0 aliphatic carbocycles. The fourth-order valence-electron chi connectivity index (χ4n) is 1.10. The second kappa shape index (κ2) is 3.30. The molecule has 66 valence electrons. The number of hydrogen-bond donors (Lipinski definition) is 0. The Balaban J connectivity index is 2.74. The zero-order valence-corrected chi connectivity index (χ0v) is 8.58. The molecule has 0 spiro atoms. The van der Waals surface area contributed by atoms with Crippen molar-refractivity contribution in [1.29, 1.82) is 0 Å². The summed E-state index contributed by atoms with van der Waals surface area (Å²) in [6.45, 7) is 0. The number of halogens is 1. The third-order valence-electron chi connectivity index (χ3n) is 1.73. The lowest BCUT2D eigenvalue weighted by Gasteiger charge is -2.03. The Morgan fingerprint density at radius 2 is 2.23 bits per heavy atom. The molecule has 0 bridgehead atoms. The largest absolute Gasteiger partial charge is 0.494 e. The summed E-state index contributed by atoms with van der Waals surface area (Å²) in [7, 11) is 1.61. The Morgan fingerprint density at radius 1 is 1.38 bits per heavy atom. The van der Waals surface area contributed by atoms with E-state index in [4.69, 9.17) is 4.74 Å². The van der Waals surface area contributed by atoms with Crippen LogP contribution in [-0.2, 0) is 0 Å². The lowest BCUT2D eigenvalue weighted by atomic mass is 10.3. The molecule has 0 saturated heterocycles. The maximum Gasteiger partial charge on any atom is 0.153 e. The first-order chi connectivity index (χ1) is 6.31. The third kappa shape index (κ3) is 1.49. The molecule has 13 heavy (non-hydrogen) atoms. The molecule has 0 atom stereocenters. The maximum absolute atomic E-state index is 5.10. The zero-order valence-electron chi connectivity index (χ0n) is 6.99. The van der Waals surface area contributed by atoms with Crippen molar-refractivity contribution in [3.05, 3.63) is 29.0 Å². The zero-order chi connectivity index (χ0) is 9.26. The number of methoxy groups -OCH3 is 1. The second-order valence-corrected chi connectivity index (χ2v) is 3.27. The first-order valence-electron chi connectivity index (χ1n) is 3.76. The average molecular weight is 239 g/mol. The van der Waals surface area contributed by atoms with Crippen LogP contribution in [0.25, 0.3) is 11.0 Å². The minimum Gasteiger partial charge on any atom is -0.494 e. The van der Waals surface area contributed by atoms with Gasteiger partial charge < -0.3 is 4.74 Å². The van der Waals surface area contributed by atoms with Crippen LogP contribution in [-0.4, -0.2) is 17.1 Å². The van der Waals surface area contributed by atoms with E-state index in [2.05, 4.69) is 25.9 Å². The van der Waals surface area contributed by atoms with E-state index >= 15 is 0 Å². The average Bonchev–Trinajstić information content (AvgIpc) is 2.17. The summed E-state index contributed by atoms with van der Waals surface area (Å²) >= 11 is 3.31. The molecule has 0 aliphatic heterocycles. The molecule has 2 aromatic heterocycles. The maximum atomic E-state index is 5.10. The van der Waals surface area contributed by atoms with Gasteiger partial charge in [0.25, 0.3) is 0 Å². The fourth-order valence-corrected chi connectivity index (χ4v) is 1.57. The van der Waals surface area contributed by atoms with Gasteiger partial charge in [-0.2, -0.15) is 0 Å². The van der Waals surface area contributed by atoms with Crippen LogP contribution in [0.5, 0.6) is 5.75 Å². The summed E-state index contributed by atoms with van der Waals surface area (Å²) in [5, 5.41) is 0. The standard InChI is InChI=1S/C9H7BrN2O/c1-13-8-5-7-6(12-9(8)10)3-2-4-11-7/h2-5H,1H3. The Kier molecular flexibility index (Phi) is 2.14. The van der Waals surface area contributed by atoms with Crippen LogP contribution < -0.4 is 4.74 Å². The number of hydrogen-bond acceptors (Lipinski definition) is 3. The van der Waals surface area contributed by atoms with Crippen LogP contribution in [0.2, 0.25) is 0 Å².